The van der Waals surface area contributed by atoms with Crippen LogP contribution in [0, 0.1) is 0 Å². The number of anilines is 1. The summed E-state index contributed by atoms with van der Waals surface area (Å²) in [6.07, 6.45) is 4.93. The Morgan fingerprint density at radius 2 is 2.12 bits per heavy atom. The lowest BCUT2D eigenvalue weighted by Gasteiger charge is -2.24. The summed E-state index contributed by atoms with van der Waals surface area (Å²) < 4.78 is 5.36. The molecule has 0 aliphatic carbocycles. The summed E-state index contributed by atoms with van der Waals surface area (Å²) in [7, 11) is 0. The second-order valence-electron chi connectivity index (χ2n) is 4.67. The van der Waals surface area contributed by atoms with Crippen molar-refractivity contribution in [1.82, 2.24) is 15.5 Å². The van der Waals surface area contributed by atoms with Crippen molar-refractivity contribution in [2.24, 2.45) is 0 Å². The van der Waals surface area contributed by atoms with Crippen molar-refractivity contribution in [3.8, 4) is 0 Å². The van der Waals surface area contributed by atoms with Gasteiger partial charge in [0.05, 0.1) is 5.92 Å². The molecular weight excluding hydrogens is 204 g/mol. The van der Waals surface area contributed by atoms with E-state index in [-0.39, 0.29) is 0 Å². The lowest BCUT2D eigenvalue weighted by molar-refractivity contribution is 0.357. The average Bonchev–Trinajstić information content (AvgIpc) is 3.01. The van der Waals surface area contributed by atoms with Crippen molar-refractivity contribution in [2.75, 3.05) is 31.1 Å². The zero-order valence-electron chi connectivity index (χ0n) is 9.48. The Morgan fingerprint density at radius 3 is 2.88 bits per heavy atom. The number of nitrogens with zero attached hydrogens (tertiary/aromatic N) is 3. The third-order valence-electron chi connectivity index (χ3n) is 3.48. The third-order valence-corrected chi connectivity index (χ3v) is 3.48. The number of hydrogen-bond donors (Lipinski definition) is 1. The Bertz CT molecular complexity index is 340. The highest BCUT2D eigenvalue weighted by Gasteiger charge is 2.24. The zero-order valence-corrected chi connectivity index (χ0v) is 9.48. The maximum absolute atomic E-state index is 5.36. The van der Waals surface area contributed by atoms with Gasteiger partial charge in [0.25, 0.3) is 5.95 Å². The highest BCUT2D eigenvalue weighted by Crippen LogP contribution is 2.23. The zero-order chi connectivity index (χ0) is 10.8. The van der Waals surface area contributed by atoms with Gasteiger partial charge in [0, 0.05) is 19.6 Å². The van der Waals surface area contributed by atoms with Crippen LogP contribution < -0.4 is 10.2 Å². The van der Waals surface area contributed by atoms with Crippen molar-refractivity contribution >= 4 is 5.95 Å². The molecule has 5 heteroatoms. The van der Waals surface area contributed by atoms with Crippen molar-refractivity contribution in [3.05, 3.63) is 5.89 Å². The molecule has 0 spiro atoms. The van der Waals surface area contributed by atoms with E-state index in [2.05, 4.69) is 20.4 Å². The van der Waals surface area contributed by atoms with Gasteiger partial charge in [-0.15, -0.1) is 0 Å². The Labute approximate surface area is 95.2 Å². The second-order valence-corrected chi connectivity index (χ2v) is 4.67. The minimum absolute atomic E-state index is 0.422. The van der Waals surface area contributed by atoms with Crippen LogP contribution in [-0.4, -0.2) is 36.3 Å². The number of rotatable bonds is 2. The molecule has 0 bridgehead atoms. The lowest BCUT2D eigenvalue weighted by Crippen LogP contribution is -2.30. The summed E-state index contributed by atoms with van der Waals surface area (Å²) in [6.45, 7) is 4.18. The largest absolute Gasteiger partial charge is 0.338 e. The van der Waals surface area contributed by atoms with Crippen LogP contribution in [0.15, 0.2) is 4.52 Å². The highest BCUT2D eigenvalue weighted by atomic mass is 16.5. The van der Waals surface area contributed by atoms with E-state index in [1.807, 2.05) is 0 Å². The molecule has 2 fully saturated rings. The molecule has 5 nitrogen and oxygen atoms in total. The summed E-state index contributed by atoms with van der Waals surface area (Å²) >= 11 is 0. The van der Waals surface area contributed by atoms with Crippen LogP contribution >= 0.6 is 0 Å². The van der Waals surface area contributed by atoms with Gasteiger partial charge in [0.1, 0.15) is 0 Å². The SMILES string of the molecule is C1CCN(c2noc(C3CCNC3)n2)CC1. The average molecular weight is 222 g/mol. The van der Waals surface area contributed by atoms with Crippen molar-refractivity contribution < 1.29 is 4.52 Å². The summed E-state index contributed by atoms with van der Waals surface area (Å²) in [6, 6.07) is 0. The fraction of sp³-hybridized carbons (Fsp3) is 0.818. The van der Waals surface area contributed by atoms with Gasteiger partial charge in [-0.05, 0) is 37.4 Å². The quantitative estimate of drug-likeness (QED) is 0.813. The van der Waals surface area contributed by atoms with Crippen LogP contribution in [0.4, 0.5) is 5.95 Å². The molecular formula is C11H18N4O. The van der Waals surface area contributed by atoms with E-state index in [1.54, 1.807) is 0 Å². The standard InChI is InChI=1S/C11H18N4O/c1-2-6-15(7-3-1)11-13-10(16-14-11)9-4-5-12-8-9/h9,12H,1-8H2. The molecule has 0 saturated carbocycles. The fourth-order valence-electron chi connectivity index (χ4n) is 2.48. The third kappa shape index (κ3) is 1.91. The number of nitrogens with one attached hydrogen (secondary N) is 1. The van der Waals surface area contributed by atoms with Crippen LogP contribution in [-0.2, 0) is 0 Å². The lowest BCUT2D eigenvalue weighted by atomic mass is 10.1. The van der Waals surface area contributed by atoms with E-state index >= 15 is 0 Å². The maximum Gasteiger partial charge on any atom is 0.266 e. The van der Waals surface area contributed by atoms with E-state index in [4.69, 9.17) is 4.52 Å². The minimum Gasteiger partial charge on any atom is -0.338 e. The number of hydrogen-bond acceptors (Lipinski definition) is 5. The van der Waals surface area contributed by atoms with Crippen molar-refractivity contribution in [3.63, 3.8) is 0 Å². The molecule has 1 aromatic rings. The van der Waals surface area contributed by atoms with Crippen molar-refractivity contribution in [1.29, 1.82) is 0 Å². The number of piperidine rings is 1. The van der Waals surface area contributed by atoms with E-state index in [9.17, 15) is 0 Å². The minimum atomic E-state index is 0.422. The van der Waals surface area contributed by atoms with Crippen LogP contribution in [0.3, 0.4) is 0 Å². The highest BCUT2D eigenvalue weighted by molar-refractivity contribution is 5.28. The monoisotopic (exact) mass is 222 g/mol. The molecule has 0 amide bonds. The first-order valence-electron chi connectivity index (χ1n) is 6.23. The van der Waals surface area contributed by atoms with Crippen LogP contribution in [0.1, 0.15) is 37.5 Å². The van der Waals surface area contributed by atoms with Gasteiger partial charge in [-0.25, -0.2) is 0 Å². The molecule has 0 aromatic carbocycles. The second kappa shape index (κ2) is 4.41. The summed E-state index contributed by atoms with van der Waals surface area (Å²) in [5.41, 5.74) is 0. The predicted octanol–water partition coefficient (Wildman–Crippen LogP) is 1.14. The molecule has 0 radical (unpaired) electrons. The molecule has 3 heterocycles. The van der Waals surface area contributed by atoms with Gasteiger partial charge in [0.2, 0.25) is 5.89 Å². The van der Waals surface area contributed by atoms with Gasteiger partial charge >= 0.3 is 0 Å². The summed E-state index contributed by atoms with van der Waals surface area (Å²) in [5.74, 6) is 2.03. The molecule has 1 atom stereocenters. The Balaban J connectivity index is 1.71. The van der Waals surface area contributed by atoms with Crippen LogP contribution in [0.25, 0.3) is 0 Å². The molecule has 16 heavy (non-hydrogen) atoms. The first kappa shape index (κ1) is 10.1. The molecule has 1 unspecified atom stereocenters. The Morgan fingerprint density at radius 1 is 1.25 bits per heavy atom. The van der Waals surface area contributed by atoms with E-state index in [0.717, 1.165) is 44.4 Å². The normalized spacial score (nSPS) is 26.2. The molecule has 2 aliphatic rings. The molecule has 1 N–H and O–H groups in total. The van der Waals surface area contributed by atoms with Gasteiger partial charge in [0.15, 0.2) is 0 Å². The molecule has 1 aromatic heterocycles. The van der Waals surface area contributed by atoms with E-state index in [0.29, 0.717) is 5.92 Å². The fourth-order valence-corrected chi connectivity index (χ4v) is 2.48. The van der Waals surface area contributed by atoms with Gasteiger partial charge in [-0.3, -0.25) is 0 Å². The van der Waals surface area contributed by atoms with E-state index in [1.165, 1.54) is 19.3 Å². The van der Waals surface area contributed by atoms with Crippen LogP contribution in [0.2, 0.25) is 0 Å². The molecule has 2 aliphatic heterocycles. The smallest absolute Gasteiger partial charge is 0.266 e. The van der Waals surface area contributed by atoms with Crippen LogP contribution in [0.5, 0.6) is 0 Å². The van der Waals surface area contributed by atoms with Gasteiger partial charge < -0.3 is 14.7 Å². The van der Waals surface area contributed by atoms with E-state index < -0.39 is 0 Å². The van der Waals surface area contributed by atoms with Gasteiger partial charge in [-0.1, -0.05) is 0 Å². The summed E-state index contributed by atoms with van der Waals surface area (Å²) in [4.78, 5) is 6.76. The Hall–Kier alpha value is -1.10. The number of aromatic nitrogens is 2. The van der Waals surface area contributed by atoms with Crippen molar-refractivity contribution in [2.45, 2.75) is 31.6 Å². The molecule has 88 valence electrons. The molecule has 2 saturated heterocycles. The maximum atomic E-state index is 5.36. The molecule has 3 rings (SSSR count). The Kier molecular flexibility index (Phi) is 2.78. The predicted molar refractivity (Wildman–Crippen MR) is 60.6 cm³/mol. The first-order chi connectivity index (χ1) is 7.93. The first-order valence-corrected chi connectivity index (χ1v) is 6.23. The summed E-state index contributed by atoms with van der Waals surface area (Å²) in [5, 5.41) is 7.41. The topological polar surface area (TPSA) is 54.2 Å². The van der Waals surface area contributed by atoms with Gasteiger partial charge in [-0.2, -0.15) is 4.98 Å².